The molecule has 1 amide bonds. The van der Waals surface area contributed by atoms with Crippen molar-refractivity contribution >= 4 is 51.3 Å². The number of nitrogens with zero attached hydrogens (tertiary/aromatic N) is 5. The number of hydrogen-bond donors (Lipinski definition) is 2. The van der Waals surface area contributed by atoms with Gasteiger partial charge in [-0.3, -0.25) is 9.69 Å². The number of carbonyl (C=O) groups excluding carboxylic acids is 1. The standard InChI is InChI=1S/C25H32ClN7OS/c1-4-5-6-10-32-11-13-33(14-12-32)22-15-21(28-18(3)29-22)30-25-27-16-20(35-25)24(34)31-23-17(2)8-7-9-19(23)26/h7-9,15-16H,4-6,10-14H2,1-3H3,(H,31,34)(H,27,28,29,30). The summed E-state index contributed by atoms with van der Waals surface area (Å²) in [6.07, 6.45) is 5.37. The second-order valence-corrected chi connectivity index (χ2v) is 10.2. The van der Waals surface area contributed by atoms with Crippen molar-refractivity contribution in [1.29, 1.82) is 0 Å². The average Bonchev–Trinajstić information content (AvgIpc) is 3.30. The Kier molecular flexibility index (Phi) is 8.54. The van der Waals surface area contributed by atoms with Crippen molar-refractivity contribution < 1.29 is 4.79 Å². The lowest BCUT2D eigenvalue weighted by Gasteiger charge is -2.35. The molecule has 3 heterocycles. The van der Waals surface area contributed by atoms with Crippen LogP contribution in [-0.2, 0) is 0 Å². The summed E-state index contributed by atoms with van der Waals surface area (Å²) in [6.45, 7) is 11.2. The quantitative estimate of drug-likeness (QED) is 0.365. The van der Waals surface area contributed by atoms with Crippen molar-refractivity contribution in [3.05, 3.63) is 51.7 Å². The van der Waals surface area contributed by atoms with Gasteiger partial charge in [0.2, 0.25) is 0 Å². The molecule has 0 aliphatic carbocycles. The van der Waals surface area contributed by atoms with E-state index in [-0.39, 0.29) is 5.91 Å². The summed E-state index contributed by atoms with van der Waals surface area (Å²) in [5, 5.41) is 7.23. The summed E-state index contributed by atoms with van der Waals surface area (Å²) >= 11 is 7.51. The van der Waals surface area contributed by atoms with Crippen LogP contribution in [0.5, 0.6) is 0 Å². The predicted octanol–water partition coefficient (Wildman–Crippen LogP) is 5.51. The van der Waals surface area contributed by atoms with Gasteiger partial charge >= 0.3 is 0 Å². The van der Waals surface area contributed by atoms with Crippen LogP contribution < -0.4 is 15.5 Å². The number of aryl methyl sites for hydroxylation is 2. The Bertz CT molecular complexity index is 1140. The number of unbranched alkanes of at least 4 members (excludes halogenated alkanes) is 2. The minimum Gasteiger partial charge on any atom is -0.354 e. The summed E-state index contributed by atoms with van der Waals surface area (Å²) in [5.41, 5.74) is 1.52. The molecule has 0 atom stereocenters. The molecule has 1 aromatic carbocycles. The molecule has 8 nitrogen and oxygen atoms in total. The van der Waals surface area contributed by atoms with Gasteiger partial charge < -0.3 is 15.5 Å². The first kappa shape index (κ1) is 25.3. The number of halogens is 1. The molecule has 1 aliphatic rings. The molecule has 1 fully saturated rings. The van der Waals surface area contributed by atoms with Crippen molar-refractivity contribution in [3.8, 4) is 0 Å². The van der Waals surface area contributed by atoms with Crippen LogP contribution in [0.3, 0.4) is 0 Å². The highest BCUT2D eigenvalue weighted by Crippen LogP contribution is 2.28. The molecule has 186 valence electrons. The molecule has 1 aliphatic heterocycles. The van der Waals surface area contributed by atoms with Gasteiger partial charge in [-0.1, -0.05) is 54.8 Å². The van der Waals surface area contributed by atoms with Crippen LogP contribution in [0.2, 0.25) is 5.02 Å². The van der Waals surface area contributed by atoms with Crippen molar-refractivity contribution in [1.82, 2.24) is 19.9 Å². The van der Waals surface area contributed by atoms with Gasteiger partial charge in [-0.05, 0) is 38.4 Å². The van der Waals surface area contributed by atoms with E-state index in [4.69, 9.17) is 11.6 Å². The number of hydrogen-bond acceptors (Lipinski definition) is 8. The Morgan fingerprint density at radius 1 is 1.14 bits per heavy atom. The molecule has 10 heteroatoms. The number of piperazine rings is 1. The van der Waals surface area contributed by atoms with Gasteiger partial charge in [0.25, 0.3) is 5.91 Å². The molecule has 0 bridgehead atoms. The number of amides is 1. The third-order valence-electron chi connectivity index (χ3n) is 6.02. The van der Waals surface area contributed by atoms with Crippen LogP contribution in [0, 0.1) is 13.8 Å². The molecule has 4 rings (SSSR count). The first-order valence-electron chi connectivity index (χ1n) is 12.0. The zero-order chi connectivity index (χ0) is 24.8. The molecule has 0 saturated carbocycles. The fraction of sp³-hybridized carbons (Fsp3) is 0.440. The fourth-order valence-corrected chi connectivity index (χ4v) is 5.06. The van der Waals surface area contributed by atoms with Gasteiger partial charge in [-0.25, -0.2) is 15.0 Å². The second-order valence-electron chi connectivity index (χ2n) is 8.73. The second kappa shape index (κ2) is 11.8. The lowest BCUT2D eigenvalue weighted by atomic mass is 10.2. The number of aromatic nitrogens is 3. The average molecular weight is 514 g/mol. The summed E-state index contributed by atoms with van der Waals surface area (Å²) in [5.74, 6) is 2.03. The monoisotopic (exact) mass is 513 g/mol. The van der Waals surface area contributed by atoms with E-state index in [0.717, 1.165) is 37.6 Å². The highest BCUT2D eigenvalue weighted by atomic mass is 35.5. The largest absolute Gasteiger partial charge is 0.354 e. The smallest absolute Gasteiger partial charge is 0.267 e. The van der Waals surface area contributed by atoms with Crippen LogP contribution in [0.25, 0.3) is 0 Å². The maximum Gasteiger partial charge on any atom is 0.267 e. The molecule has 2 N–H and O–H groups in total. The first-order valence-corrected chi connectivity index (χ1v) is 13.2. The Balaban J connectivity index is 1.38. The highest BCUT2D eigenvalue weighted by Gasteiger charge is 2.19. The van der Waals surface area contributed by atoms with Gasteiger partial charge in [-0.2, -0.15) is 0 Å². The molecule has 0 spiro atoms. The number of nitrogens with one attached hydrogen (secondary N) is 2. The minimum atomic E-state index is -0.247. The minimum absolute atomic E-state index is 0.247. The van der Waals surface area contributed by atoms with E-state index in [1.165, 1.54) is 37.1 Å². The molecular weight excluding hydrogens is 482 g/mol. The van der Waals surface area contributed by atoms with Crippen molar-refractivity contribution in [3.63, 3.8) is 0 Å². The normalized spacial score (nSPS) is 14.2. The molecular formula is C25H32ClN7OS. The Labute approximate surface area is 215 Å². The number of benzene rings is 1. The first-order chi connectivity index (χ1) is 16.9. The lowest BCUT2D eigenvalue weighted by molar-refractivity contribution is 0.103. The van der Waals surface area contributed by atoms with Crippen molar-refractivity contribution in [2.45, 2.75) is 40.0 Å². The maximum absolute atomic E-state index is 12.7. The van der Waals surface area contributed by atoms with Crippen LogP contribution in [0.1, 0.15) is 47.2 Å². The summed E-state index contributed by atoms with van der Waals surface area (Å²) < 4.78 is 0. The Morgan fingerprint density at radius 2 is 1.94 bits per heavy atom. The maximum atomic E-state index is 12.7. The fourth-order valence-electron chi connectivity index (χ4n) is 4.08. The molecule has 0 radical (unpaired) electrons. The molecule has 0 unspecified atom stereocenters. The van der Waals surface area contributed by atoms with E-state index in [0.29, 0.717) is 32.4 Å². The van der Waals surface area contributed by atoms with E-state index >= 15 is 0 Å². The predicted molar refractivity (Wildman–Crippen MR) is 144 cm³/mol. The van der Waals surface area contributed by atoms with Crippen LogP contribution >= 0.6 is 22.9 Å². The topological polar surface area (TPSA) is 86.3 Å². The molecule has 35 heavy (non-hydrogen) atoms. The Morgan fingerprint density at radius 3 is 2.69 bits per heavy atom. The zero-order valence-electron chi connectivity index (χ0n) is 20.5. The summed E-state index contributed by atoms with van der Waals surface area (Å²) in [4.78, 5) is 31.6. The van der Waals surface area contributed by atoms with E-state index in [1.54, 1.807) is 12.3 Å². The van der Waals surface area contributed by atoms with E-state index in [2.05, 4.69) is 42.3 Å². The summed E-state index contributed by atoms with van der Waals surface area (Å²) in [7, 11) is 0. The van der Waals surface area contributed by atoms with Gasteiger partial charge in [-0.15, -0.1) is 0 Å². The molecule has 2 aromatic heterocycles. The third kappa shape index (κ3) is 6.68. The van der Waals surface area contributed by atoms with Crippen LogP contribution in [0.15, 0.2) is 30.5 Å². The molecule has 1 saturated heterocycles. The number of rotatable bonds is 9. The molecule has 3 aromatic rings. The van der Waals surface area contributed by atoms with E-state index in [1.807, 2.05) is 32.0 Å². The number of para-hydroxylation sites is 1. The Hall–Kier alpha value is -2.75. The number of carbonyl (C=O) groups is 1. The third-order valence-corrected chi connectivity index (χ3v) is 7.25. The zero-order valence-corrected chi connectivity index (χ0v) is 22.0. The lowest BCUT2D eigenvalue weighted by Crippen LogP contribution is -2.47. The number of thiazole rings is 1. The van der Waals surface area contributed by atoms with E-state index < -0.39 is 0 Å². The van der Waals surface area contributed by atoms with Crippen LogP contribution in [0.4, 0.5) is 22.5 Å². The van der Waals surface area contributed by atoms with Crippen molar-refractivity contribution in [2.24, 2.45) is 0 Å². The SMILES string of the molecule is CCCCCN1CCN(c2cc(Nc3ncc(C(=O)Nc4c(C)cccc4Cl)s3)nc(C)n2)CC1. The van der Waals surface area contributed by atoms with Gasteiger partial charge in [0.15, 0.2) is 5.13 Å². The van der Waals surface area contributed by atoms with Gasteiger partial charge in [0.05, 0.1) is 16.9 Å². The van der Waals surface area contributed by atoms with E-state index in [9.17, 15) is 4.79 Å². The number of anilines is 4. The van der Waals surface area contributed by atoms with Crippen LogP contribution in [-0.4, -0.2) is 58.5 Å². The van der Waals surface area contributed by atoms with Gasteiger partial charge in [0, 0.05) is 32.2 Å². The highest BCUT2D eigenvalue weighted by molar-refractivity contribution is 7.17. The summed E-state index contributed by atoms with van der Waals surface area (Å²) in [6, 6.07) is 7.47. The van der Waals surface area contributed by atoms with Gasteiger partial charge in [0.1, 0.15) is 22.3 Å². The van der Waals surface area contributed by atoms with Crippen molar-refractivity contribution in [2.75, 3.05) is 48.3 Å².